The van der Waals surface area contributed by atoms with Crippen LogP contribution in [0.1, 0.15) is 60.3 Å². The van der Waals surface area contributed by atoms with E-state index in [1.807, 2.05) is 57.3 Å². The molecule has 0 saturated heterocycles. The largest absolute Gasteiger partial charge is 0.405 e. The topological polar surface area (TPSA) is 66.9 Å². The van der Waals surface area contributed by atoms with E-state index in [2.05, 4.69) is 34.3 Å². The molecule has 0 radical (unpaired) electrons. The third kappa shape index (κ3) is 6.43. The van der Waals surface area contributed by atoms with Crippen LogP contribution in [0.5, 0.6) is 0 Å². The minimum Gasteiger partial charge on any atom is -0.363 e. The zero-order valence-electron chi connectivity index (χ0n) is 19.5. The van der Waals surface area contributed by atoms with Gasteiger partial charge in [0.05, 0.1) is 5.52 Å². The molecule has 2 aromatic carbocycles. The van der Waals surface area contributed by atoms with E-state index < -0.39 is 18.6 Å². The van der Waals surface area contributed by atoms with E-state index in [9.17, 15) is 18.0 Å². The normalized spacial score (nSPS) is 13.6. The lowest BCUT2D eigenvalue weighted by Gasteiger charge is -2.20. The Kier molecular flexibility index (Phi) is 7.25. The summed E-state index contributed by atoms with van der Waals surface area (Å²) in [4.78, 5) is 21.2. The number of hydrogen-bond donors (Lipinski definition) is 2. The molecule has 0 aliphatic heterocycles. The molecule has 1 heterocycles. The van der Waals surface area contributed by atoms with Crippen molar-refractivity contribution in [2.75, 3.05) is 11.9 Å². The third-order valence-electron chi connectivity index (χ3n) is 5.60. The second kappa shape index (κ2) is 9.77. The van der Waals surface area contributed by atoms with Crippen molar-refractivity contribution in [2.24, 2.45) is 0 Å². The Morgan fingerprint density at radius 3 is 2.45 bits per heavy atom. The molecule has 176 valence electrons. The first kappa shape index (κ1) is 24.5. The molecular weight excluding hydrogens is 429 g/mol. The number of carbonyl (C=O) groups is 1. The van der Waals surface area contributed by atoms with Crippen molar-refractivity contribution >= 4 is 22.6 Å². The summed E-state index contributed by atoms with van der Waals surface area (Å²) in [6.07, 6.45) is -4.47. The molecule has 0 aliphatic rings. The molecule has 1 aromatic heterocycles. The van der Waals surface area contributed by atoms with Crippen LogP contribution in [-0.2, 0) is 4.79 Å². The molecule has 0 saturated carbocycles. The Bertz CT molecular complexity index is 1160. The number of carbonyl (C=O) groups excluding carboxylic acids is 1. The van der Waals surface area contributed by atoms with Crippen LogP contribution >= 0.6 is 0 Å². The quantitative estimate of drug-likeness (QED) is 0.463. The first-order valence-corrected chi connectivity index (χ1v) is 10.9. The molecule has 3 aromatic rings. The van der Waals surface area contributed by atoms with Gasteiger partial charge in [-0.15, -0.1) is 0 Å². The number of amides is 1. The molecular formula is C25H29F3N4O. The Hall–Kier alpha value is -3.16. The van der Waals surface area contributed by atoms with Gasteiger partial charge >= 0.3 is 6.18 Å². The van der Waals surface area contributed by atoms with E-state index in [1.54, 1.807) is 0 Å². The number of nitrogens with zero attached hydrogens (tertiary/aromatic N) is 2. The highest BCUT2D eigenvalue weighted by Gasteiger charge is 2.28. The first-order chi connectivity index (χ1) is 15.4. The van der Waals surface area contributed by atoms with Crippen molar-refractivity contribution in [3.05, 3.63) is 64.5 Å². The summed E-state index contributed by atoms with van der Waals surface area (Å²) >= 11 is 0. The van der Waals surface area contributed by atoms with Crippen LogP contribution in [0, 0.1) is 20.8 Å². The Morgan fingerprint density at radius 2 is 1.79 bits per heavy atom. The fourth-order valence-electron chi connectivity index (χ4n) is 3.94. The van der Waals surface area contributed by atoms with Gasteiger partial charge in [0.15, 0.2) is 0 Å². The SMILES string of the molecule is Cc1cccc([C@@H](C)Nc2nc(C)nc3cc(C)c(C(C)CC(=O)NCC(F)(F)F)cc23)c1. The number of aryl methyl sites for hydroxylation is 3. The zero-order chi connectivity index (χ0) is 24.3. The molecule has 33 heavy (non-hydrogen) atoms. The average molecular weight is 459 g/mol. The summed E-state index contributed by atoms with van der Waals surface area (Å²) in [5.74, 6) is 0.409. The number of aromatic nitrogens is 2. The smallest absolute Gasteiger partial charge is 0.363 e. The molecule has 3 rings (SSSR count). The van der Waals surface area contributed by atoms with Crippen molar-refractivity contribution < 1.29 is 18.0 Å². The van der Waals surface area contributed by atoms with Crippen molar-refractivity contribution in [2.45, 2.75) is 59.2 Å². The average Bonchev–Trinajstić information content (AvgIpc) is 2.71. The zero-order valence-corrected chi connectivity index (χ0v) is 19.5. The van der Waals surface area contributed by atoms with Crippen LogP contribution in [-0.4, -0.2) is 28.6 Å². The number of halogens is 3. The number of alkyl halides is 3. The number of benzene rings is 2. The van der Waals surface area contributed by atoms with Gasteiger partial charge in [0.1, 0.15) is 18.2 Å². The molecule has 1 amide bonds. The van der Waals surface area contributed by atoms with Gasteiger partial charge in [-0.3, -0.25) is 4.79 Å². The molecule has 0 aliphatic carbocycles. The minimum absolute atomic E-state index is 0.00211. The molecule has 2 atom stereocenters. The lowest BCUT2D eigenvalue weighted by Crippen LogP contribution is -2.34. The van der Waals surface area contributed by atoms with Crippen LogP contribution in [0.15, 0.2) is 36.4 Å². The fourth-order valence-corrected chi connectivity index (χ4v) is 3.94. The lowest BCUT2D eigenvalue weighted by molar-refractivity contribution is -0.138. The van der Waals surface area contributed by atoms with Gasteiger partial charge in [-0.25, -0.2) is 9.97 Å². The van der Waals surface area contributed by atoms with Gasteiger partial charge in [0.25, 0.3) is 0 Å². The number of anilines is 1. The van der Waals surface area contributed by atoms with Crippen LogP contribution in [0.3, 0.4) is 0 Å². The molecule has 5 nitrogen and oxygen atoms in total. The molecule has 2 N–H and O–H groups in total. The monoisotopic (exact) mass is 458 g/mol. The molecule has 0 fully saturated rings. The molecule has 0 bridgehead atoms. The number of nitrogens with one attached hydrogen (secondary N) is 2. The standard InChI is InChI=1S/C25H29F3N4O/c1-14-7-6-8-19(9-14)17(4)30-24-21-12-20(15(2)10-22(21)31-18(5)32-24)16(3)11-23(33)29-13-25(26,27)28/h6-10,12,16-17H,11,13H2,1-5H3,(H,29,33)(H,30,31,32)/t16?,17-/m1/s1. The van der Waals surface area contributed by atoms with E-state index >= 15 is 0 Å². The Labute approximate surface area is 191 Å². The van der Waals surface area contributed by atoms with Crippen LogP contribution in [0.4, 0.5) is 19.0 Å². The summed E-state index contributed by atoms with van der Waals surface area (Å²) in [7, 11) is 0. The second-order valence-electron chi connectivity index (χ2n) is 8.62. The maximum absolute atomic E-state index is 12.4. The first-order valence-electron chi connectivity index (χ1n) is 10.9. The highest BCUT2D eigenvalue weighted by molar-refractivity contribution is 5.91. The van der Waals surface area contributed by atoms with E-state index in [0.29, 0.717) is 11.6 Å². The number of hydrogen-bond acceptors (Lipinski definition) is 4. The van der Waals surface area contributed by atoms with Gasteiger partial charge < -0.3 is 10.6 Å². The van der Waals surface area contributed by atoms with Crippen molar-refractivity contribution in [3.8, 4) is 0 Å². The van der Waals surface area contributed by atoms with Crippen LogP contribution < -0.4 is 10.6 Å². The summed E-state index contributed by atoms with van der Waals surface area (Å²) in [6.45, 7) is 8.35. The van der Waals surface area contributed by atoms with E-state index in [0.717, 1.165) is 27.6 Å². The second-order valence-corrected chi connectivity index (χ2v) is 8.62. The van der Waals surface area contributed by atoms with Gasteiger partial charge in [-0.05, 0) is 62.4 Å². The third-order valence-corrected chi connectivity index (χ3v) is 5.60. The number of fused-ring (bicyclic) bond motifs is 1. The van der Waals surface area contributed by atoms with Crippen molar-refractivity contribution in [3.63, 3.8) is 0 Å². The highest BCUT2D eigenvalue weighted by atomic mass is 19.4. The molecule has 0 spiro atoms. The van der Waals surface area contributed by atoms with E-state index in [4.69, 9.17) is 0 Å². The van der Waals surface area contributed by atoms with Gasteiger partial charge in [0.2, 0.25) is 5.91 Å². The Balaban J connectivity index is 1.90. The summed E-state index contributed by atoms with van der Waals surface area (Å²) < 4.78 is 37.2. The Morgan fingerprint density at radius 1 is 1.06 bits per heavy atom. The summed E-state index contributed by atoms with van der Waals surface area (Å²) in [5, 5.41) is 6.23. The van der Waals surface area contributed by atoms with Crippen LogP contribution in [0.2, 0.25) is 0 Å². The van der Waals surface area contributed by atoms with E-state index in [-0.39, 0.29) is 18.4 Å². The lowest BCUT2D eigenvalue weighted by atomic mass is 9.92. The van der Waals surface area contributed by atoms with Crippen molar-refractivity contribution in [1.29, 1.82) is 0 Å². The predicted molar refractivity (Wildman–Crippen MR) is 124 cm³/mol. The fraction of sp³-hybridized carbons (Fsp3) is 0.400. The molecule has 8 heteroatoms. The predicted octanol–water partition coefficient (Wildman–Crippen LogP) is 5.90. The van der Waals surface area contributed by atoms with Crippen LogP contribution in [0.25, 0.3) is 10.9 Å². The van der Waals surface area contributed by atoms with E-state index in [1.165, 1.54) is 5.56 Å². The minimum atomic E-state index is -4.43. The van der Waals surface area contributed by atoms with Gasteiger partial charge in [0, 0.05) is 17.8 Å². The number of rotatable bonds is 7. The van der Waals surface area contributed by atoms with Gasteiger partial charge in [-0.2, -0.15) is 13.2 Å². The summed E-state index contributed by atoms with van der Waals surface area (Å²) in [6, 6.07) is 12.1. The van der Waals surface area contributed by atoms with Gasteiger partial charge in [-0.1, -0.05) is 36.8 Å². The maximum atomic E-state index is 12.4. The summed E-state index contributed by atoms with van der Waals surface area (Å²) in [5.41, 5.74) is 4.87. The maximum Gasteiger partial charge on any atom is 0.405 e. The highest BCUT2D eigenvalue weighted by Crippen LogP contribution is 2.31. The van der Waals surface area contributed by atoms with Crippen molar-refractivity contribution in [1.82, 2.24) is 15.3 Å². The molecule has 1 unspecified atom stereocenters.